The zero-order valence-corrected chi connectivity index (χ0v) is 10.6. The Balaban J connectivity index is 1.80. The van der Waals surface area contributed by atoms with Gasteiger partial charge in [-0.05, 0) is 12.0 Å². The Bertz CT molecular complexity index is 511. The third kappa shape index (κ3) is 3.85. The lowest BCUT2D eigenvalue weighted by atomic mass is 10.1. The van der Waals surface area contributed by atoms with Crippen molar-refractivity contribution < 1.29 is 9.90 Å². The predicted octanol–water partition coefficient (Wildman–Crippen LogP) is 1.09. The molecule has 0 radical (unpaired) electrons. The third-order valence-electron chi connectivity index (χ3n) is 2.41. The van der Waals surface area contributed by atoms with Crippen LogP contribution in [0.3, 0.4) is 0 Å². The van der Waals surface area contributed by atoms with E-state index in [1.165, 1.54) is 16.9 Å². The summed E-state index contributed by atoms with van der Waals surface area (Å²) in [5, 5.41) is 16.1. The molecule has 2 rings (SSSR count). The second-order valence-corrected chi connectivity index (χ2v) is 4.71. The molecule has 94 valence electrons. The van der Waals surface area contributed by atoms with Gasteiger partial charge in [-0.25, -0.2) is 4.98 Å². The maximum atomic E-state index is 10.4. The van der Waals surface area contributed by atoms with Crippen LogP contribution in [0, 0.1) is 0 Å². The molecule has 0 aliphatic carbocycles. The topological polar surface area (TPSA) is 65.0 Å². The van der Waals surface area contributed by atoms with E-state index in [2.05, 4.69) is 22.4 Å². The number of anilines is 1. The Morgan fingerprint density at radius 2 is 2.11 bits per heavy atom. The van der Waals surface area contributed by atoms with Gasteiger partial charge in [-0.3, -0.25) is 0 Å². The molecule has 5 heteroatoms. The van der Waals surface area contributed by atoms with E-state index in [9.17, 15) is 9.90 Å². The molecule has 1 aromatic heterocycles. The SMILES string of the molecule is O=C([O-])Cc1csc(NCCc2ccccc2)n1. The number of aromatic nitrogens is 1. The van der Waals surface area contributed by atoms with E-state index in [-0.39, 0.29) is 6.42 Å². The Morgan fingerprint density at radius 3 is 2.83 bits per heavy atom. The standard InChI is InChI=1S/C13H14N2O2S/c16-12(17)8-11-9-18-13(15-11)14-7-6-10-4-2-1-3-5-10/h1-5,9H,6-8H2,(H,14,15)(H,16,17)/p-1. The van der Waals surface area contributed by atoms with Crippen molar-refractivity contribution >= 4 is 22.4 Å². The molecule has 2 aromatic rings. The van der Waals surface area contributed by atoms with E-state index >= 15 is 0 Å². The second kappa shape index (κ2) is 6.16. The molecule has 0 saturated carbocycles. The number of carbonyl (C=O) groups is 1. The van der Waals surface area contributed by atoms with Gasteiger partial charge in [0.1, 0.15) is 0 Å². The van der Waals surface area contributed by atoms with Crippen molar-refractivity contribution in [3.05, 3.63) is 47.0 Å². The van der Waals surface area contributed by atoms with E-state index in [1.807, 2.05) is 18.2 Å². The number of nitrogens with one attached hydrogen (secondary N) is 1. The zero-order valence-electron chi connectivity index (χ0n) is 9.76. The molecule has 18 heavy (non-hydrogen) atoms. The number of benzene rings is 1. The Kier molecular flexibility index (Phi) is 4.30. The first-order valence-corrected chi connectivity index (χ1v) is 6.54. The summed E-state index contributed by atoms with van der Waals surface area (Å²) in [7, 11) is 0. The first-order valence-electron chi connectivity index (χ1n) is 5.66. The highest BCUT2D eigenvalue weighted by Gasteiger charge is 2.01. The highest BCUT2D eigenvalue weighted by atomic mass is 32.1. The first-order chi connectivity index (χ1) is 8.74. The predicted molar refractivity (Wildman–Crippen MR) is 69.5 cm³/mol. The molecule has 0 saturated heterocycles. The van der Waals surface area contributed by atoms with E-state index in [4.69, 9.17) is 0 Å². The number of hydrogen-bond acceptors (Lipinski definition) is 5. The lowest BCUT2D eigenvalue weighted by Crippen LogP contribution is -2.24. The van der Waals surface area contributed by atoms with Gasteiger partial charge in [-0.15, -0.1) is 11.3 Å². The number of nitrogens with zero attached hydrogens (tertiary/aromatic N) is 1. The first kappa shape index (κ1) is 12.6. The lowest BCUT2D eigenvalue weighted by Gasteiger charge is -2.02. The molecule has 0 fully saturated rings. The van der Waals surface area contributed by atoms with Crippen molar-refractivity contribution in [1.82, 2.24) is 4.98 Å². The van der Waals surface area contributed by atoms with Crippen molar-refractivity contribution in [2.24, 2.45) is 0 Å². The summed E-state index contributed by atoms with van der Waals surface area (Å²) in [6.07, 6.45) is 0.785. The van der Waals surface area contributed by atoms with Crippen LogP contribution >= 0.6 is 11.3 Å². The smallest absolute Gasteiger partial charge is 0.182 e. The molecule has 0 aliphatic heterocycles. The monoisotopic (exact) mass is 261 g/mol. The van der Waals surface area contributed by atoms with Crippen LogP contribution in [0.1, 0.15) is 11.3 Å². The highest BCUT2D eigenvalue weighted by molar-refractivity contribution is 7.13. The number of carboxylic acids is 1. The van der Waals surface area contributed by atoms with Crippen molar-refractivity contribution in [1.29, 1.82) is 0 Å². The summed E-state index contributed by atoms with van der Waals surface area (Å²) in [6, 6.07) is 10.2. The quantitative estimate of drug-likeness (QED) is 0.845. The molecular formula is C13H13N2O2S-. The Morgan fingerprint density at radius 1 is 1.33 bits per heavy atom. The van der Waals surface area contributed by atoms with E-state index in [1.54, 1.807) is 5.38 Å². The summed E-state index contributed by atoms with van der Waals surface area (Å²) >= 11 is 1.41. The van der Waals surface area contributed by atoms with Gasteiger partial charge in [-0.2, -0.15) is 0 Å². The minimum Gasteiger partial charge on any atom is -0.550 e. The summed E-state index contributed by atoms with van der Waals surface area (Å²) in [5.41, 5.74) is 1.80. The fourth-order valence-electron chi connectivity index (χ4n) is 1.58. The normalized spacial score (nSPS) is 10.2. The van der Waals surface area contributed by atoms with Gasteiger partial charge in [0.2, 0.25) is 0 Å². The maximum Gasteiger partial charge on any atom is 0.182 e. The van der Waals surface area contributed by atoms with E-state index < -0.39 is 5.97 Å². The molecule has 0 aliphatic rings. The van der Waals surface area contributed by atoms with E-state index in [0.29, 0.717) is 5.69 Å². The number of aliphatic carboxylic acids is 1. The largest absolute Gasteiger partial charge is 0.550 e. The van der Waals surface area contributed by atoms with Crippen molar-refractivity contribution in [3.63, 3.8) is 0 Å². The minimum absolute atomic E-state index is 0.128. The van der Waals surface area contributed by atoms with Gasteiger partial charge in [-0.1, -0.05) is 30.3 Å². The van der Waals surface area contributed by atoms with Crippen molar-refractivity contribution in [2.75, 3.05) is 11.9 Å². The van der Waals surface area contributed by atoms with Crippen LogP contribution < -0.4 is 10.4 Å². The van der Waals surface area contributed by atoms with Gasteiger partial charge < -0.3 is 15.2 Å². The molecular weight excluding hydrogens is 248 g/mol. The van der Waals surface area contributed by atoms with Crippen LogP contribution in [-0.4, -0.2) is 17.5 Å². The van der Waals surface area contributed by atoms with Crippen LogP contribution in [-0.2, 0) is 17.6 Å². The molecule has 0 amide bonds. The third-order valence-corrected chi connectivity index (χ3v) is 3.26. The molecule has 1 heterocycles. The van der Waals surface area contributed by atoms with Crippen molar-refractivity contribution in [2.45, 2.75) is 12.8 Å². The van der Waals surface area contributed by atoms with E-state index in [0.717, 1.165) is 18.1 Å². The van der Waals surface area contributed by atoms with Crippen LogP contribution in [0.25, 0.3) is 0 Å². The fourth-order valence-corrected chi connectivity index (χ4v) is 2.31. The number of carboxylic acid groups (broad SMARTS) is 1. The second-order valence-electron chi connectivity index (χ2n) is 3.86. The average molecular weight is 261 g/mol. The Hall–Kier alpha value is -1.88. The molecule has 0 atom stereocenters. The molecule has 0 bridgehead atoms. The lowest BCUT2D eigenvalue weighted by molar-refractivity contribution is -0.304. The fraction of sp³-hybridized carbons (Fsp3) is 0.231. The molecule has 4 nitrogen and oxygen atoms in total. The van der Waals surface area contributed by atoms with Gasteiger partial charge in [0.05, 0.1) is 5.69 Å². The van der Waals surface area contributed by atoms with Gasteiger partial charge in [0.25, 0.3) is 0 Å². The summed E-state index contributed by atoms with van der Waals surface area (Å²) in [6.45, 7) is 0.780. The molecule has 0 unspecified atom stereocenters. The summed E-state index contributed by atoms with van der Waals surface area (Å²) in [5.74, 6) is -1.10. The summed E-state index contributed by atoms with van der Waals surface area (Å²) in [4.78, 5) is 14.6. The molecule has 0 spiro atoms. The number of rotatable bonds is 6. The maximum absolute atomic E-state index is 10.4. The van der Waals surface area contributed by atoms with Crippen LogP contribution in [0.15, 0.2) is 35.7 Å². The Labute approximate surface area is 109 Å². The number of carbonyl (C=O) groups excluding carboxylic acids is 1. The highest BCUT2D eigenvalue weighted by Crippen LogP contribution is 2.15. The van der Waals surface area contributed by atoms with Gasteiger partial charge in [0.15, 0.2) is 5.13 Å². The average Bonchev–Trinajstić information content (AvgIpc) is 2.77. The minimum atomic E-state index is -1.10. The summed E-state index contributed by atoms with van der Waals surface area (Å²) < 4.78 is 0. The van der Waals surface area contributed by atoms with Gasteiger partial charge >= 0.3 is 0 Å². The zero-order chi connectivity index (χ0) is 12.8. The van der Waals surface area contributed by atoms with Crippen LogP contribution in [0.4, 0.5) is 5.13 Å². The number of hydrogen-bond donors (Lipinski definition) is 1. The molecule has 1 N–H and O–H groups in total. The van der Waals surface area contributed by atoms with Gasteiger partial charge in [0, 0.05) is 24.3 Å². The van der Waals surface area contributed by atoms with Crippen molar-refractivity contribution in [3.8, 4) is 0 Å². The van der Waals surface area contributed by atoms with Crippen LogP contribution in [0.5, 0.6) is 0 Å². The van der Waals surface area contributed by atoms with Crippen LogP contribution in [0.2, 0.25) is 0 Å². The molecule has 1 aromatic carbocycles. The number of thiazole rings is 1.